The number of nitrogens with one attached hydrogen (secondary N) is 1. The zero-order valence-electron chi connectivity index (χ0n) is 19.6. The summed E-state index contributed by atoms with van der Waals surface area (Å²) in [7, 11) is 1.43. The lowest BCUT2D eigenvalue weighted by Gasteiger charge is -2.28. The van der Waals surface area contributed by atoms with Crippen molar-refractivity contribution >= 4 is 35.0 Å². The number of rotatable bonds is 9. The maximum atomic E-state index is 12.0. The van der Waals surface area contributed by atoms with Gasteiger partial charge in [-0.2, -0.15) is 0 Å². The number of esters is 1. The molecule has 0 bridgehead atoms. The second kappa shape index (κ2) is 11.4. The smallest absolute Gasteiger partial charge is 0.407 e. The van der Waals surface area contributed by atoms with Gasteiger partial charge in [-0.25, -0.2) is 9.78 Å². The molecular formula is C25H31ClN2O5S. The van der Waals surface area contributed by atoms with Gasteiger partial charge in [0.15, 0.2) is 0 Å². The summed E-state index contributed by atoms with van der Waals surface area (Å²) in [5.74, 6) is 1.18. The van der Waals surface area contributed by atoms with Gasteiger partial charge in [0.25, 0.3) is 0 Å². The molecule has 4 rings (SSSR count). The molecule has 0 spiro atoms. The average molecular weight is 507 g/mol. The lowest BCUT2D eigenvalue weighted by Crippen LogP contribution is -2.30. The van der Waals surface area contributed by atoms with Crippen LogP contribution in [-0.2, 0) is 20.9 Å². The van der Waals surface area contributed by atoms with Gasteiger partial charge >= 0.3 is 12.1 Å². The summed E-state index contributed by atoms with van der Waals surface area (Å²) in [6, 6.07) is 5.61. The van der Waals surface area contributed by atoms with Crippen molar-refractivity contribution in [3.05, 3.63) is 33.8 Å². The van der Waals surface area contributed by atoms with E-state index in [4.69, 9.17) is 30.8 Å². The standard InChI is InChI=1S/C25H31ClN2O5S/c1-15-21(33-19-5-3-4-17(12-19)24(29)31-2)9-8-20(28-15)23-18(13-22(26)34-23)14-32-25(30)27-11-10-16-6-7-16/h8-9,13,16-17,19H,3-7,10-12,14H2,1-2H3,(H,27,30)/t17-,19-/m0/s1. The summed E-state index contributed by atoms with van der Waals surface area (Å²) in [4.78, 5) is 29.5. The number of aromatic nitrogens is 1. The number of hydrogen-bond acceptors (Lipinski definition) is 7. The molecule has 2 aliphatic carbocycles. The molecule has 9 heteroatoms. The molecule has 2 atom stereocenters. The molecule has 2 saturated carbocycles. The SMILES string of the molecule is COC(=O)[C@H]1CCC[C@H](Oc2ccc(-c3sc(Cl)cc3COC(=O)NCCC3CC3)nc2C)C1. The lowest BCUT2D eigenvalue weighted by atomic mass is 9.87. The normalized spacial score (nSPS) is 20.0. The van der Waals surface area contributed by atoms with Crippen LogP contribution in [0.2, 0.25) is 4.34 Å². The Hall–Kier alpha value is -2.32. The van der Waals surface area contributed by atoms with E-state index in [0.717, 1.165) is 53.4 Å². The largest absolute Gasteiger partial charge is 0.489 e. The van der Waals surface area contributed by atoms with Crippen molar-refractivity contribution in [2.45, 2.75) is 64.6 Å². The third kappa shape index (κ3) is 6.63. The van der Waals surface area contributed by atoms with Crippen LogP contribution < -0.4 is 10.1 Å². The Morgan fingerprint density at radius 2 is 2.06 bits per heavy atom. The highest BCUT2D eigenvalue weighted by molar-refractivity contribution is 7.19. The van der Waals surface area contributed by atoms with Crippen molar-refractivity contribution in [1.82, 2.24) is 10.3 Å². The minimum atomic E-state index is -0.417. The summed E-state index contributed by atoms with van der Waals surface area (Å²) in [5, 5.41) is 2.81. The van der Waals surface area contributed by atoms with Crippen molar-refractivity contribution in [1.29, 1.82) is 0 Å². The summed E-state index contributed by atoms with van der Waals surface area (Å²) in [6.45, 7) is 2.67. The highest BCUT2D eigenvalue weighted by Crippen LogP contribution is 2.37. The van der Waals surface area contributed by atoms with Gasteiger partial charge in [-0.3, -0.25) is 4.79 Å². The number of pyridine rings is 1. The number of nitrogens with zero attached hydrogens (tertiary/aromatic N) is 1. The predicted molar refractivity (Wildman–Crippen MR) is 131 cm³/mol. The minimum absolute atomic E-state index is 0.0391. The van der Waals surface area contributed by atoms with Gasteiger partial charge < -0.3 is 19.5 Å². The third-order valence-electron chi connectivity index (χ3n) is 6.38. The van der Waals surface area contributed by atoms with E-state index in [9.17, 15) is 9.59 Å². The number of halogens is 1. The first kappa shape index (κ1) is 24.8. The van der Waals surface area contributed by atoms with E-state index < -0.39 is 6.09 Å². The quantitative estimate of drug-likeness (QED) is 0.425. The van der Waals surface area contributed by atoms with Gasteiger partial charge in [-0.05, 0) is 63.1 Å². The molecule has 2 aromatic rings. The van der Waals surface area contributed by atoms with E-state index in [2.05, 4.69) is 5.32 Å². The van der Waals surface area contributed by atoms with Gasteiger partial charge in [-0.1, -0.05) is 24.4 Å². The van der Waals surface area contributed by atoms with E-state index in [1.807, 2.05) is 25.1 Å². The highest BCUT2D eigenvalue weighted by atomic mass is 35.5. The van der Waals surface area contributed by atoms with E-state index in [0.29, 0.717) is 23.1 Å². The van der Waals surface area contributed by atoms with E-state index >= 15 is 0 Å². The zero-order chi connectivity index (χ0) is 24.1. The molecule has 0 aliphatic heterocycles. The average Bonchev–Trinajstić information content (AvgIpc) is 3.58. The molecule has 1 amide bonds. The van der Waals surface area contributed by atoms with Gasteiger partial charge in [-0.15, -0.1) is 11.3 Å². The Labute approximate surface area is 209 Å². The first-order valence-corrected chi connectivity index (χ1v) is 13.0. The van der Waals surface area contributed by atoms with Crippen LogP contribution in [0.3, 0.4) is 0 Å². The monoisotopic (exact) mass is 506 g/mol. The first-order chi connectivity index (χ1) is 16.4. The minimum Gasteiger partial charge on any atom is -0.489 e. The number of carbonyl (C=O) groups excluding carboxylic acids is 2. The molecule has 0 unspecified atom stereocenters. The third-order valence-corrected chi connectivity index (χ3v) is 7.71. The molecule has 0 saturated heterocycles. The molecular weight excluding hydrogens is 476 g/mol. The molecule has 1 N–H and O–H groups in total. The predicted octanol–water partition coefficient (Wildman–Crippen LogP) is 5.91. The second-order valence-electron chi connectivity index (χ2n) is 9.05. The topological polar surface area (TPSA) is 86.8 Å². The molecule has 2 aromatic heterocycles. The van der Waals surface area contributed by atoms with Crippen LogP contribution >= 0.6 is 22.9 Å². The summed E-state index contributed by atoms with van der Waals surface area (Å²) >= 11 is 7.68. The molecule has 184 valence electrons. The highest BCUT2D eigenvalue weighted by Gasteiger charge is 2.29. The maximum Gasteiger partial charge on any atom is 0.407 e. The molecule has 7 nitrogen and oxygen atoms in total. The first-order valence-electron chi connectivity index (χ1n) is 11.8. The maximum absolute atomic E-state index is 12.0. The zero-order valence-corrected chi connectivity index (χ0v) is 21.2. The van der Waals surface area contributed by atoms with Gasteiger partial charge in [0.1, 0.15) is 12.4 Å². The number of thiophene rings is 1. The number of ether oxygens (including phenoxy) is 3. The second-order valence-corrected chi connectivity index (χ2v) is 10.7. The van der Waals surface area contributed by atoms with Crippen LogP contribution in [0, 0.1) is 18.8 Å². The Kier molecular flexibility index (Phi) is 8.32. The van der Waals surface area contributed by atoms with Crippen LogP contribution in [0.25, 0.3) is 10.6 Å². The fourth-order valence-electron chi connectivity index (χ4n) is 4.31. The van der Waals surface area contributed by atoms with Crippen LogP contribution in [0.5, 0.6) is 5.75 Å². The molecule has 2 fully saturated rings. The van der Waals surface area contributed by atoms with Gasteiger partial charge in [0.2, 0.25) is 0 Å². The number of aryl methyl sites for hydroxylation is 1. The Bertz CT molecular complexity index is 1020. The van der Waals surface area contributed by atoms with E-state index in [1.54, 1.807) is 0 Å². The van der Waals surface area contributed by atoms with Crippen molar-refractivity contribution in [2.24, 2.45) is 11.8 Å². The van der Waals surface area contributed by atoms with Gasteiger partial charge in [0.05, 0.1) is 39.7 Å². The van der Waals surface area contributed by atoms with Crippen molar-refractivity contribution in [3.63, 3.8) is 0 Å². The van der Waals surface area contributed by atoms with Crippen LogP contribution in [-0.4, -0.2) is 36.8 Å². The lowest BCUT2D eigenvalue weighted by molar-refractivity contribution is -0.147. The Morgan fingerprint density at radius 3 is 2.79 bits per heavy atom. The number of methoxy groups -OCH3 is 1. The fourth-order valence-corrected chi connectivity index (χ4v) is 5.54. The molecule has 2 aliphatic rings. The van der Waals surface area contributed by atoms with Crippen molar-refractivity contribution in [3.8, 4) is 16.3 Å². The number of amides is 1. The molecule has 0 radical (unpaired) electrons. The molecule has 2 heterocycles. The fraction of sp³-hybridized carbons (Fsp3) is 0.560. The summed E-state index contributed by atoms with van der Waals surface area (Å²) in [5.41, 5.74) is 2.33. The number of hydrogen-bond donors (Lipinski definition) is 1. The van der Waals surface area contributed by atoms with Crippen LogP contribution in [0.4, 0.5) is 4.79 Å². The van der Waals surface area contributed by atoms with Crippen LogP contribution in [0.1, 0.15) is 56.2 Å². The van der Waals surface area contributed by atoms with Gasteiger partial charge in [0, 0.05) is 12.1 Å². The molecule has 0 aromatic carbocycles. The molecule has 34 heavy (non-hydrogen) atoms. The number of carbonyl (C=O) groups is 2. The van der Waals surface area contributed by atoms with E-state index in [1.165, 1.54) is 31.3 Å². The summed E-state index contributed by atoms with van der Waals surface area (Å²) < 4.78 is 17.1. The summed E-state index contributed by atoms with van der Waals surface area (Å²) in [6.07, 6.45) is 6.40. The number of alkyl carbamates (subject to hydrolysis) is 1. The van der Waals surface area contributed by atoms with Crippen LogP contribution in [0.15, 0.2) is 18.2 Å². The van der Waals surface area contributed by atoms with Crippen molar-refractivity contribution < 1.29 is 23.8 Å². The van der Waals surface area contributed by atoms with E-state index in [-0.39, 0.29) is 24.6 Å². The Morgan fingerprint density at radius 1 is 1.24 bits per heavy atom. The Balaban J connectivity index is 1.37. The van der Waals surface area contributed by atoms with Crippen molar-refractivity contribution in [2.75, 3.05) is 13.7 Å².